The normalized spacial score (nSPS) is 20.3. The van der Waals surface area contributed by atoms with Crippen LogP contribution in [0.2, 0.25) is 0 Å². The van der Waals surface area contributed by atoms with Gasteiger partial charge in [0.1, 0.15) is 17.7 Å². The highest BCUT2D eigenvalue weighted by Crippen LogP contribution is 2.40. The van der Waals surface area contributed by atoms with Gasteiger partial charge in [0.2, 0.25) is 5.96 Å². The van der Waals surface area contributed by atoms with E-state index in [0.29, 0.717) is 16.6 Å². The number of rotatable bonds is 5. The number of carbonyl (C=O) groups excluding carboxylic acids is 1. The van der Waals surface area contributed by atoms with Gasteiger partial charge in [-0.05, 0) is 61.5 Å². The second-order valence-electron chi connectivity index (χ2n) is 7.36. The molecule has 4 rings (SSSR count). The van der Waals surface area contributed by atoms with Crippen LogP contribution in [0, 0.1) is 0 Å². The first-order chi connectivity index (χ1) is 14.9. The van der Waals surface area contributed by atoms with Crippen molar-refractivity contribution in [3.63, 3.8) is 0 Å². The van der Waals surface area contributed by atoms with Gasteiger partial charge in [-0.15, -0.1) is 0 Å². The van der Waals surface area contributed by atoms with Crippen LogP contribution in [-0.4, -0.2) is 36.0 Å². The van der Waals surface area contributed by atoms with E-state index in [1.165, 1.54) is 0 Å². The van der Waals surface area contributed by atoms with Gasteiger partial charge in [0, 0.05) is 11.3 Å². The Bertz CT molecular complexity index is 1080. The molecular weight excluding hydrogens is 412 g/mol. The van der Waals surface area contributed by atoms with E-state index in [9.17, 15) is 4.79 Å². The summed E-state index contributed by atoms with van der Waals surface area (Å²) < 4.78 is 10.6. The van der Waals surface area contributed by atoms with E-state index in [1.807, 2.05) is 55.5 Å². The number of carbonyl (C=O) groups is 1. The van der Waals surface area contributed by atoms with Gasteiger partial charge >= 0.3 is 0 Å². The molecule has 0 aliphatic carbocycles. The lowest BCUT2D eigenvalue weighted by Gasteiger charge is -2.47. The number of methoxy groups -OCH3 is 2. The summed E-state index contributed by atoms with van der Waals surface area (Å²) in [5, 5.41) is 6.96. The highest BCUT2D eigenvalue weighted by atomic mass is 32.1. The van der Waals surface area contributed by atoms with Crippen LogP contribution < -0.4 is 20.1 Å². The standard InChI is InChI=1S/C23H24N4O3S/c1-13-19(14(2)28)20(15-5-9-17(29-3)10-6-15)27-21(25-23(31)26-22(27)24-13)16-7-11-18(30-4)12-8-16/h5-12,20-21H,1-4H3,(H2,24,25,26,31). The number of nitrogens with one attached hydrogen (secondary N) is 2. The van der Waals surface area contributed by atoms with Crippen molar-refractivity contribution in [1.82, 2.24) is 15.5 Å². The summed E-state index contributed by atoms with van der Waals surface area (Å²) in [6.07, 6.45) is -0.326. The second kappa shape index (κ2) is 8.39. The average molecular weight is 437 g/mol. The van der Waals surface area contributed by atoms with Crippen molar-refractivity contribution in [3.8, 4) is 11.5 Å². The molecule has 0 bridgehead atoms. The third kappa shape index (κ3) is 3.86. The summed E-state index contributed by atoms with van der Waals surface area (Å²) in [5.74, 6) is 2.11. The lowest BCUT2D eigenvalue weighted by Crippen LogP contribution is -2.57. The molecule has 2 aromatic rings. The maximum Gasteiger partial charge on any atom is 0.208 e. The molecule has 0 saturated carbocycles. The maximum atomic E-state index is 12.7. The molecule has 8 heteroatoms. The first-order valence-corrected chi connectivity index (χ1v) is 10.3. The first kappa shape index (κ1) is 20.9. The smallest absolute Gasteiger partial charge is 0.208 e. The van der Waals surface area contributed by atoms with Gasteiger partial charge in [0.25, 0.3) is 0 Å². The molecular formula is C23H24N4O3S. The number of aliphatic imine (C=N–C) groups is 1. The molecule has 2 N–H and O–H groups in total. The molecule has 2 unspecified atom stereocenters. The number of guanidine groups is 1. The van der Waals surface area contributed by atoms with Crippen molar-refractivity contribution in [3.05, 3.63) is 70.9 Å². The molecule has 2 atom stereocenters. The van der Waals surface area contributed by atoms with Crippen LogP contribution in [0.5, 0.6) is 11.5 Å². The van der Waals surface area contributed by atoms with Gasteiger partial charge < -0.3 is 25.0 Å². The minimum Gasteiger partial charge on any atom is -0.497 e. The fourth-order valence-corrected chi connectivity index (χ4v) is 4.24. The maximum absolute atomic E-state index is 12.7. The van der Waals surface area contributed by atoms with Gasteiger partial charge in [-0.2, -0.15) is 4.99 Å². The Hall–Kier alpha value is -3.39. The Morgan fingerprint density at radius 3 is 2.06 bits per heavy atom. The Kier molecular flexibility index (Phi) is 5.65. The highest BCUT2D eigenvalue weighted by Gasteiger charge is 2.42. The highest BCUT2D eigenvalue weighted by molar-refractivity contribution is 7.80. The monoisotopic (exact) mass is 436 g/mol. The van der Waals surface area contributed by atoms with Crippen molar-refractivity contribution in [1.29, 1.82) is 0 Å². The molecule has 0 spiro atoms. The average Bonchev–Trinajstić information content (AvgIpc) is 2.77. The van der Waals surface area contributed by atoms with E-state index in [1.54, 1.807) is 21.1 Å². The zero-order valence-electron chi connectivity index (χ0n) is 17.8. The van der Waals surface area contributed by atoms with Crippen LogP contribution in [0.4, 0.5) is 0 Å². The van der Waals surface area contributed by atoms with Gasteiger partial charge in [-0.3, -0.25) is 4.79 Å². The van der Waals surface area contributed by atoms with Crippen molar-refractivity contribution in [2.45, 2.75) is 26.1 Å². The molecule has 2 heterocycles. The number of thiocarbonyl (C=S) groups is 1. The minimum absolute atomic E-state index is 0.00787. The lowest BCUT2D eigenvalue weighted by atomic mass is 9.90. The number of ether oxygens (including phenoxy) is 2. The van der Waals surface area contributed by atoms with Crippen LogP contribution in [-0.2, 0) is 4.79 Å². The van der Waals surface area contributed by atoms with E-state index in [0.717, 1.165) is 28.3 Å². The van der Waals surface area contributed by atoms with Crippen molar-refractivity contribution < 1.29 is 14.3 Å². The number of Topliss-reactive ketones (excluding diaryl/α,β-unsaturated/α-hetero) is 1. The fraction of sp³-hybridized carbons (Fsp3) is 0.261. The summed E-state index contributed by atoms with van der Waals surface area (Å²) in [6.45, 7) is 3.48. The predicted octanol–water partition coefficient (Wildman–Crippen LogP) is 3.46. The van der Waals surface area contributed by atoms with Crippen molar-refractivity contribution in [2.75, 3.05) is 14.2 Å². The van der Waals surface area contributed by atoms with E-state index in [2.05, 4.69) is 20.5 Å². The van der Waals surface area contributed by atoms with E-state index < -0.39 is 0 Å². The molecule has 7 nitrogen and oxygen atoms in total. The second-order valence-corrected chi connectivity index (χ2v) is 7.75. The Balaban J connectivity index is 1.87. The molecule has 2 aliphatic heterocycles. The summed E-state index contributed by atoms with van der Waals surface area (Å²) in [6, 6.07) is 15.1. The van der Waals surface area contributed by atoms with Crippen LogP contribution in [0.3, 0.4) is 0 Å². The Morgan fingerprint density at radius 1 is 1.00 bits per heavy atom. The minimum atomic E-state index is -0.355. The molecule has 0 saturated heterocycles. The number of allylic oxidation sites excluding steroid dienone is 1. The zero-order chi connectivity index (χ0) is 22.1. The van der Waals surface area contributed by atoms with Crippen LogP contribution in [0.25, 0.3) is 0 Å². The van der Waals surface area contributed by atoms with Gasteiger partial charge in [0.15, 0.2) is 10.9 Å². The zero-order valence-corrected chi connectivity index (χ0v) is 18.6. The lowest BCUT2D eigenvalue weighted by molar-refractivity contribution is -0.114. The molecule has 31 heavy (non-hydrogen) atoms. The van der Waals surface area contributed by atoms with E-state index >= 15 is 0 Å². The Morgan fingerprint density at radius 2 is 1.55 bits per heavy atom. The molecule has 160 valence electrons. The summed E-state index contributed by atoms with van der Waals surface area (Å²) in [4.78, 5) is 19.3. The van der Waals surface area contributed by atoms with Gasteiger partial charge in [0.05, 0.1) is 20.3 Å². The van der Waals surface area contributed by atoms with Crippen LogP contribution >= 0.6 is 12.2 Å². The molecule has 0 radical (unpaired) electrons. The van der Waals surface area contributed by atoms with Crippen LogP contribution in [0.1, 0.15) is 37.2 Å². The molecule has 0 aromatic heterocycles. The molecule has 0 fully saturated rings. The number of ketones is 1. The molecule has 2 aromatic carbocycles. The van der Waals surface area contributed by atoms with Crippen molar-refractivity contribution in [2.24, 2.45) is 4.99 Å². The van der Waals surface area contributed by atoms with E-state index in [4.69, 9.17) is 21.7 Å². The number of nitrogens with zero attached hydrogens (tertiary/aromatic N) is 2. The SMILES string of the molecule is COc1ccc(C2NC(=S)N=C3NC(C)=C(C(C)=O)C(c4ccc(OC)cc4)N32)cc1. The van der Waals surface area contributed by atoms with Gasteiger partial charge in [-0.25, -0.2) is 0 Å². The molecule has 2 aliphatic rings. The predicted molar refractivity (Wildman–Crippen MR) is 123 cm³/mol. The Labute approximate surface area is 186 Å². The van der Waals surface area contributed by atoms with E-state index in [-0.39, 0.29) is 18.0 Å². The first-order valence-electron chi connectivity index (χ1n) is 9.87. The summed E-state index contributed by atoms with van der Waals surface area (Å²) >= 11 is 5.42. The number of hydrogen-bond acceptors (Lipinski definition) is 6. The number of benzene rings is 2. The fourth-order valence-electron chi connectivity index (χ4n) is 4.04. The molecule has 0 amide bonds. The largest absolute Gasteiger partial charge is 0.497 e. The summed E-state index contributed by atoms with van der Waals surface area (Å²) in [7, 11) is 3.26. The van der Waals surface area contributed by atoms with Gasteiger partial charge in [-0.1, -0.05) is 24.3 Å². The van der Waals surface area contributed by atoms with Crippen LogP contribution in [0.15, 0.2) is 64.8 Å². The third-order valence-corrected chi connectivity index (χ3v) is 5.70. The number of hydrogen-bond donors (Lipinski definition) is 2. The number of fused-ring (bicyclic) bond motifs is 1. The summed E-state index contributed by atoms with van der Waals surface area (Å²) in [5.41, 5.74) is 3.37. The topological polar surface area (TPSA) is 75.2 Å². The third-order valence-electron chi connectivity index (χ3n) is 5.49. The quantitative estimate of drug-likeness (QED) is 0.696. The van der Waals surface area contributed by atoms with Crippen molar-refractivity contribution >= 4 is 29.1 Å².